The van der Waals surface area contributed by atoms with Crippen molar-refractivity contribution in [3.05, 3.63) is 90.0 Å². The number of carbonyl (C=O) groups excluding carboxylic acids is 3. The molecule has 7 heteroatoms. The van der Waals surface area contributed by atoms with Crippen molar-refractivity contribution in [1.82, 2.24) is 10.2 Å². The van der Waals surface area contributed by atoms with Gasteiger partial charge >= 0.3 is 5.97 Å². The molecular weight excluding hydrogens is 456 g/mol. The number of hydrogen-bond acceptors (Lipinski definition) is 5. The summed E-state index contributed by atoms with van der Waals surface area (Å²) in [5.74, 6) is -0.429. The fraction of sp³-hybridized carbons (Fsp3) is 0.276. The highest BCUT2D eigenvalue weighted by Crippen LogP contribution is 2.26. The second kappa shape index (κ2) is 11.5. The molecule has 0 unspecified atom stereocenters. The number of carbonyl (C=O) groups is 3. The Bertz CT molecular complexity index is 1230. The molecule has 36 heavy (non-hydrogen) atoms. The van der Waals surface area contributed by atoms with E-state index < -0.39 is 12.0 Å². The van der Waals surface area contributed by atoms with Crippen molar-refractivity contribution in [3.8, 4) is 16.9 Å². The Morgan fingerprint density at radius 2 is 1.67 bits per heavy atom. The number of fused-ring (bicyclic) bond motifs is 5. The fourth-order valence-electron chi connectivity index (χ4n) is 4.11. The molecule has 7 nitrogen and oxygen atoms in total. The molecule has 1 aliphatic heterocycles. The van der Waals surface area contributed by atoms with E-state index in [0.717, 1.165) is 16.7 Å². The number of nitrogens with zero attached hydrogens (tertiary/aromatic N) is 1. The average Bonchev–Trinajstić information content (AvgIpc) is 2.90. The summed E-state index contributed by atoms with van der Waals surface area (Å²) in [4.78, 5) is 40.5. The molecule has 0 radical (unpaired) electrons. The van der Waals surface area contributed by atoms with Crippen LogP contribution in [0.4, 0.5) is 0 Å². The smallest absolute Gasteiger partial charge is 0.329 e. The molecule has 0 saturated heterocycles. The van der Waals surface area contributed by atoms with E-state index in [0.29, 0.717) is 17.9 Å². The van der Waals surface area contributed by atoms with Gasteiger partial charge in [-0.15, -0.1) is 0 Å². The van der Waals surface area contributed by atoms with Crippen LogP contribution in [0.1, 0.15) is 35.7 Å². The Balaban J connectivity index is 1.63. The van der Waals surface area contributed by atoms with Gasteiger partial charge in [-0.3, -0.25) is 9.59 Å². The predicted molar refractivity (Wildman–Crippen MR) is 136 cm³/mol. The van der Waals surface area contributed by atoms with Crippen molar-refractivity contribution in [3.63, 3.8) is 0 Å². The van der Waals surface area contributed by atoms with Gasteiger partial charge in [0.25, 0.3) is 5.91 Å². The number of likely N-dealkylation sites (N-methyl/N-ethyl adjacent to an activating group) is 1. The van der Waals surface area contributed by atoms with E-state index in [4.69, 9.17) is 9.47 Å². The Morgan fingerprint density at radius 3 is 2.44 bits per heavy atom. The van der Waals surface area contributed by atoms with Gasteiger partial charge in [-0.1, -0.05) is 54.6 Å². The highest BCUT2D eigenvalue weighted by atomic mass is 16.5. The van der Waals surface area contributed by atoms with Gasteiger partial charge in [0.1, 0.15) is 25.0 Å². The molecule has 0 aromatic heterocycles. The number of rotatable bonds is 3. The third-order valence-corrected chi connectivity index (χ3v) is 6.11. The van der Waals surface area contributed by atoms with Crippen molar-refractivity contribution < 1.29 is 23.9 Å². The number of benzene rings is 3. The van der Waals surface area contributed by atoms with Crippen LogP contribution in [0.3, 0.4) is 0 Å². The molecule has 1 N–H and O–H groups in total. The third kappa shape index (κ3) is 6.30. The van der Waals surface area contributed by atoms with Crippen molar-refractivity contribution >= 4 is 17.8 Å². The molecule has 2 atom stereocenters. The standard InChI is InChI=1S/C29H30N2O5/c1-20-18-35-25-13-7-11-23(17-25)22-10-6-12-24(16-22)28(33)31(2)26(14-15-27(32)30-20)29(34)36-19-21-8-4-3-5-9-21/h3-13,16-17,20,26H,14-15,18-19H2,1-2H3,(H,30,32)/t20-,26-/m0/s1. The molecule has 0 saturated carbocycles. The third-order valence-electron chi connectivity index (χ3n) is 6.11. The molecule has 3 aromatic rings. The normalized spacial score (nSPS) is 18.7. The van der Waals surface area contributed by atoms with Gasteiger partial charge in [-0.05, 0) is 54.3 Å². The molecule has 0 spiro atoms. The first-order valence-electron chi connectivity index (χ1n) is 12.0. The van der Waals surface area contributed by atoms with Crippen molar-refractivity contribution in [2.24, 2.45) is 0 Å². The molecular formula is C29H30N2O5. The molecule has 1 heterocycles. The van der Waals surface area contributed by atoms with Crippen LogP contribution in [0.5, 0.6) is 5.75 Å². The minimum Gasteiger partial charge on any atom is -0.491 e. The van der Waals surface area contributed by atoms with Crippen LogP contribution in [0.25, 0.3) is 11.1 Å². The maximum Gasteiger partial charge on any atom is 0.329 e. The lowest BCUT2D eigenvalue weighted by Gasteiger charge is -2.27. The quantitative estimate of drug-likeness (QED) is 0.561. The van der Waals surface area contributed by atoms with Gasteiger partial charge in [0, 0.05) is 19.0 Å². The van der Waals surface area contributed by atoms with Crippen molar-refractivity contribution in [2.75, 3.05) is 13.7 Å². The van der Waals surface area contributed by atoms with E-state index in [2.05, 4.69) is 5.32 Å². The number of ether oxygens (including phenoxy) is 2. The van der Waals surface area contributed by atoms with Gasteiger partial charge in [0.05, 0.1) is 6.04 Å². The zero-order valence-corrected chi connectivity index (χ0v) is 20.5. The van der Waals surface area contributed by atoms with E-state index in [1.165, 1.54) is 4.90 Å². The lowest BCUT2D eigenvalue weighted by molar-refractivity contribution is -0.150. The first kappa shape index (κ1) is 25.0. The molecule has 186 valence electrons. The SMILES string of the molecule is C[C@H]1COc2cccc(c2)-c2cccc(c2)C(=O)N(C)[C@H](C(=O)OCc2ccccc2)CCC(=O)N1. The highest BCUT2D eigenvalue weighted by Gasteiger charge is 2.30. The molecule has 4 rings (SSSR count). The second-order valence-corrected chi connectivity index (χ2v) is 8.95. The number of amides is 2. The topological polar surface area (TPSA) is 84.9 Å². The van der Waals surface area contributed by atoms with Crippen molar-refractivity contribution in [1.29, 1.82) is 0 Å². The molecule has 1 aliphatic rings. The number of esters is 1. The fourth-order valence-corrected chi connectivity index (χ4v) is 4.11. The Labute approximate surface area is 211 Å². The van der Waals surface area contributed by atoms with Crippen LogP contribution >= 0.6 is 0 Å². The number of nitrogens with one attached hydrogen (secondary N) is 1. The van der Waals surface area contributed by atoms with Crippen molar-refractivity contribution in [2.45, 2.75) is 38.5 Å². The van der Waals surface area contributed by atoms with Crippen LogP contribution in [0.2, 0.25) is 0 Å². The van der Waals surface area contributed by atoms with E-state index in [1.54, 1.807) is 19.2 Å². The number of hydrogen-bond donors (Lipinski definition) is 1. The van der Waals surface area contributed by atoms with Crippen LogP contribution in [-0.2, 0) is 20.9 Å². The predicted octanol–water partition coefficient (Wildman–Crippen LogP) is 4.21. The van der Waals surface area contributed by atoms with E-state index in [-0.39, 0.29) is 37.3 Å². The molecule has 0 aliphatic carbocycles. The molecule has 4 bridgehead atoms. The minimum absolute atomic E-state index is 0.0581. The molecule has 3 aromatic carbocycles. The lowest BCUT2D eigenvalue weighted by atomic mass is 10.0. The summed E-state index contributed by atoms with van der Waals surface area (Å²) in [6.45, 7) is 2.25. The largest absolute Gasteiger partial charge is 0.491 e. The van der Waals surface area contributed by atoms with Crippen LogP contribution < -0.4 is 10.1 Å². The summed E-state index contributed by atoms with van der Waals surface area (Å²) in [5.41, 5.74) is 3.03. The van der Waals surface area contributed by atoms with Gasteiger partial charge in [0.2, 0.25) is 5.91 Å². The van der Waals surface area contributed by atoms with E-state index in [9.17, 15) is 14.4 Å². The van der Waals surface area contributed by atoms with Crippen LogP contribution in [0.15, 0.2) is 78.9 Å². The summed E-state index contributed by atoms with van der Waals surface area (Å²) < 4.78 is 11.4. The van der Waals surface area contributed by atoms with Gasteiger partial charge in [-0.25, -0.2) is 4.79 Å². The summed E-state index contributed by atoms with van der Waals surface area (Å²) in [6, 6.07) is 23.0. The Hall–Kier alpha value is -4.13. The van der Waals surface area contributed by atoms with Gasteiger partial charge in [-0.2, -0.15) is 0 Å². The maximum absolute atomic E-state index is 13.4. The Morgan fingerprint density at radius 1 is 0.972 bits per heavy atom. The maximum atomic E-state index is 13.4. The summed E-state index contributed by atoms with van der Waals surface area (Å²) in [5, 5.41) is 2.90. The lowest BCUT2D eigenvalue weighted by Crippen LogP contribution is -2.44. The zero-order chi connectivity index (χ0) is 25.5. The monoisotopic (exact) mass is 486 g/mol. The first-order chi connectivity index (χ1) is 17.4. The highest BCUT2D eigenvalue weighted by molar-refractivity contribution is 5.97. The Kier molecular flexibility index (Phi) is 8.00. The first-order valence-corrected chi connectivity index (χ1v) is 12.0. The van der Waals surface area contributed by atoms with Gasteiger partial charge < -0.3 is 19.7 Å². The summed E-state index contributed by atoms with van der Waals surface area (Å²) in [7, 11) is 1.57. The van der Waals surface area contributed by atoms with E-state index >= 15 is 0 Å². The molecule has 2 amide bonds. The second-order valence-electron chi connectivity index (χ2n) is 8.95. The average molecular weight is 487 g/mol. The van der Waals surface area contributed by atoms with Crippen LogP contribution in [0, 0.1) is 0 Å². The van der Waals surface area contributed by atoms with Crippen LogP contribution in [-0.4, -0.2) is 48.4 Å². The summed E-state index contributed by atoms with van der Waals surface area (Å²) >= 11 is 0. The van der Waals surface area contributed by atoms with E-state index in [1.807, 2.05) is 73.7 Å². The molecule has 0 fully saturated rings. The summed E-state index contributed by atoms with van der Waals surface area (Å²) in [6.07, 6.45) is 0.191. The zero-order valence-electron chi connectivity index (χ0n) is 20.5. The van der Waals surface area contributed by atoms with Gasteiger partial charge in [0.15, 0.2) is 0 Å². The minimum atomic E-state index is -0.918.